The lowest BCUT2D eigenvalue weighted by atomic mass is 9.64. The fraction of sp³-hybridized carbons (Fsp3) is 0.667. The summed E-state index contributed by atoms with van der Waals surface area (Å²) in [5.74, 6) is -3.99. The van der Waals surface area contributed by atoms with Gasteiger partial charge in [-0.05, 0) is 40.5 Å². The van der Waals surface area contributed by atoms with E-state index in [1.807, 2.05) is 6.92 Å². The molecule has 6 nitrogen and oxygen atoms in total. The summed E-state index contributed by atoms with van der Waals surface area (Å²) in [4.78, 5) is 36.4. The number of carbonyl (C=O) groups is 3. The van der Waals surface area contributed by atoms with Gasteiger partial charge < -0.3 is 14.6 Å². The van der Waals surface area contributed by atoms with E-state index < -0.39 is 29.2 Å². The van der Waals surface area contributed by atoms with Gasteiger partial charge in [0, 0.05) is 0 Å². The molecule has 0 bridgehead atoms. The molecule has 1 N–H and O–H groups in total. The molecule has 0 fully saturated rings. The normalized spacial score (nSPS) is 20.9. The second-order valence-electron chi connectivity index (χ2n) is 5.24. The minimum Gasteiger partial charge on any atom is -0.481 e. The van der Waals surface area contributed by atoms with Gasteiger partial charge in [-0.3, -0.25) is 14.4 Å². The lowest BCUT2D eigenvalue weighted by Crippen LogP contribution is -2.52. The van der Waals surface area contributed by atoms with Gasteiger partial charge in [0.2, 0.25) is 0 Å². The maximum Gasteiger partial charge on any atom is 0.324 e. The SMILES string of the molecule is CCOC(=O)C1(C(=O)OCC)CC(C)=C(C)CC1C(=O)O. The number of rotatable bonds is 5. The summed E-state index contributed by atoms with van der Waals surface area (Å²) in [6.45, 7) is 6.99. The molecular weight excluding hydrogens is 276 g/mol. The smallest absolute Gasteiger partial charge is 0.324 e. The monoisotopic (exact) mass is 298 g/mol. The minimum absolute atomic E-state index is 0.0213. The van der Waals surface area contributed by atoms with Gasteiger partial charge in [0.05, 0.1) is 19.1 Å². The molecule has 0 radical (unpaired) electrons. The molecule has 1 unspecified atom stereocenters. The Morgan fingerprint density at radius 2 is 1.57 bits per heavy atom. The van der Waals surface area contributed by atoms with Crippen LogP contribution in [0.5, 0.6) is 0 Å². The summed E-state index contributed by atoms with van der Waals surface area (Å²) in [7, 11) is 0. The predicted octanol–water partition coefficient (Wildman–Crippen LogP) is 1.93. The highest BCUT2D eigenvalue weighted by atomic mass is 16.6. The molecule has 1 aliphatic carbocycles. The molecule has 1 rings (SSSR count). The molecule has 0 spiro atoms. The van der Waals surface area contributed by atoms with Crippen LogP contribution in [0.4, 0.5) is 0 Å². The lowest BCUT2D eigenvalue weighted by molar-refractivity contribution is -0.183. The maximum atomic E-state index is 12.4. The standard InChI is InChI=1S/C15H22O6/c1-5-20-13(18)15(14(19)21-6-2)8-10(4)9(3)7-11(15)12(16)17/h11H,5-8H2,1-4H3,(H,16,17). The second kappa shape index (κ2) is 6.74. The molecule has 0 saturated heterocycles. The summed E-state index contributed by atoms with van der Waals surface area (Å²) < 4.78 is 9.98. The van der Waals surface area contributed by atoms with Crippen molar-refractivity contribution in [2.75, 3.05) is 13.2 Å². The molecule has 1 atom stereocenters. The summed E-state index contributed by atoms with van der Waals surface area (Å²) in [6, 6.07) is 0. The van der Waals surface area contributed by atoms with Gasteiger partial charge in [-0.1, -0.05) is 11.1 Å². The van der Waals surface area contributed by atoms with E-state index in [1.165, 1.54) is 0 Å². The highest BCUT2D eigenvalue weighted by molar-refractivity contribution is 6.04. The van der Waals surface area contributed by atoms with Crippen LogP contribution in [0.2, 0.25) is 0 Å². The zero-order chi connectivity index (χ0) is 16.2. The van der Waals surface area contributed by atoms with Crippen molar-refractivity contribution in [1.82, 2.24) is 0 Å². The molecule has 0 amide bonds. The average molecular weight is 298 g/mol. The van der Waals surface area contributed by atoms with Crippen LogP contribution in [0, 0.1) is 11.3 Å². The summed E-state index contributed by atoms with van der Waals surface area (Å²) in [5, 5.41) is 9.47. The number of hydrogen-bond acceptors (Lipinski definition) is 5. The first kappa shape index (κ1) is 17.2. The van der Waals surface area contributed by atoms with E-state index >= 15 is 0 Å². The van der Waals surface area contributed by atoms with Crippen molar-refractivity contribution < 1.29 is 29.0 Å². The molecule has 6 heteroatoms. The highest BCUT2D eigenvalue weighted by Gasteiger charge is 2.59. The number of ether oxygens (including phenoxy) is 2. The zero-order valence-electron chi connectivity index (χ0n) is 12.9. The first-order chi connectivity index (χ1) is 9.81. The number of carboxylic acids is 1. The molecule has 0 aliphatic heterocycles. The largest absolute Gasteiger partial charge is 0.481 e. The molecule has 0 saturated carbocycles. The Kier molecular flexibility index (Phi) is 5.52. The number of carbonyl (C=O) groups excluding carboxylic acids is 2. The maximum absolute atomic E-state index is 12.4. The van der Waals surface area contributed by atoms with Crippen LogP contribution < -0.4 is 0 Å². The molecular formula is C15H22O6. The number of hydrogen-bond donors (Lipinski definition) is 1. The number of aliphatic carboxylic acids is 1. The molecule has 0 heterocycles. The van der Waals surface area contributed by atoms with Gasteiger partial charge >= 0.3 is 17.9 Å². The number of esters is 2. The average Bonchev–Trinajstić information content (AvgIpc) is 2.41. The van der Waals surface area contributed by atoms with E-state index in [0.29, 0.717) is 0 Å². The zero-order valence-corrected chi connectivity index (χ0v) is 12.9. The minimum atomic E-state index is -1.79. The molecule has 0 aromatic carbocycles. The van der Waals surface area contributed by atoms with Crippen molar-refractivity contribution >= 4 is 17.9 Å². The third kappa shape index (κ3) is 3.09. The second-order valence-corrected chi connectivity index (χ2v) is 5.24. The lowest BCUT2D eigenvalue weighted by Gasteiger charge is -2.38. The van der Waals surface area contributed by atoms with E-state index in [4.69, 9.17) is 9.47 Å². The molecule has 0 aromatic heterocycles. The van der Waals surface area contributed by atoms with Gasteiger partial charge in [-0.15, -0.1) is 0 Å². The molecule has 21 heavy (non-hydrogen) atoms. The summed E-state index contributed by atoms with van der Waals surface area (Å²) in [6.07, 6.45) is 0.159. The van der Waals surface area contributed by atoms with Crippen molar-refractivity contribution in [3.8, 4) is 0 Å². The van der Waals surface area contributed by atoms with Crippen molar-refractivity contribution in [3.63, 3.8) is 0 Å². The summed E-state index contributed by atoms with van der Waals surface area (Å²) >= 11 is 0. The van der Waals surface area contributed by atoms with Gasteiger partial charge in [-0.2, -0.15) is 0 Å². The van der Waals surface area contributed by atoms with Crippen LogP contribution in [-0.2, 0) is 23.9 Å². The third-order valence-electron chi connectivity index (χ3n) is 3.96. The topological polar surface area (TPSA) is 89.9 Å². The Hall–Kier alpha value is -1.85. The fourth-order valence-electron chi connectivity index (χ4n) is 2.68. The van der Waals surface area contributed by atoms with Gasteiger partial charge in [0.15, 0.2) is 5.41 Å². The number of carboxylic acid groups (broad SMARTS) is 1. The summed E-state index contributed by atoms with van der Waals surface area (Å²) in [5.41, 5.74) is -0.0817. The van der Waals surface area contributed by atoms with Gasteiger partial charge in [0.25, 0.3) is 0 Å². The quantitative estimate of drug-likeness (QED) is 0.474. The van der Waals surface area contributed by atoms with Crippen LogP contribution in [0.1, 0.15) is 40.5 Å². The van der Waals surface area contributed by atoms with E-state index in [1.54, 1.807) is 20.8 Å². The predicted molar refractivity (Wildman–Crippen MR) is 74.4 cm³/mol. The van der Waals surface area contributed by atoms with Crippen molar-refractivity contribution in [2.45, 2.75) is 40.5 Å². The first-order valence-corrected chi connectivity index (χ1v) is 7.03. The van der Waals surface area contributed by atoms with Crippen molar-refractivity contribution in [2.24, 2.45) is 11.3 Å². The first-order valence-electron chi connectivity index (χ1n) is 7.03. The fourth-order valence-corrected chi connectivity index (χ4v) is 2.68. The Morgan fingerprint density at radius 3 is 1.95 bits per heavy atom. The Morgan fingerprint density at radius 1 is 1.10 bits per heavy atom. The van der Waals surface area contributed by atoms with Gasteiger partial charge in [0.1, 0.15) is 0 Å². The molecule has 0 aromatic rings. The van der Waals surface area contributed by atoms with Crippen LogP contribution >= 0.6 is 0 Å². The third-order valence-corrected chi connectivity index (χ3v) is 3.96. The van der Waals surface area contributed by atoms with Crippen LogP contribution in [0.15, 0.2) is 11.1 Å². The van der Waals surface area contributed by atoms with E-state index in [9.17, 15) is 19.5 Å². The van der Waals surface area contributed by atoms with Gasteiger partial charge in [-0.25, -0.2) is 0 Å². The van der Waals surface area contributed by atoms with Crippen LogP contribution in [0.3, 0.4) is 0 Å². The molecule has 1 aliphatic rings. The van der Waals surface area contributed by atoms with Crippen LogP contribution in [-0.4, -0.2) is 36.2 Å². The van der Waals surface area contributed by atoms with Crippen LogP contribution in [0.25, 0.3) is 0 Å². The van der Waals surface area contributed by atoms with Crippen molar-refractivity contribution in [1.29, 1.82) is 0 Å². The van der Waals surface area contributed by atoms with E-state index in [2.05, 4.69) is 0 Å². The Labute approximate surface area is 124 Å². The molecule has 118 valence electrons. The highest BCUT2D eigenvalue weighted by Crippen LogP contribution is 2.46. The number of allylic oxidation sites excluding steroid dienone is 2. The van der Waals surface area contributed by atoms with E-state index in [0.717, 1.165) is 11.1 Å². The van der Waals surface area contributed by atoms with E-state index in [-0.39, 0.29) is 26.1 Å². The van der Waals surface area contributed by atoms with Crippen molar-refractivity contribution in [3.05, 3.63) is 11.1 Å². The Balaban J connectivity index is 3.40. The Bertz CT molecular complexity index is 459.